The van der Waals surface area contributed by atoms with Crippen molar-refractivity contribution >= 4 is 12.6 Å². The van der Waals surface area contributed by atoms with E-state index in [1.165, 1.54) is 25.3 Å². The van der Waals surface area contributed by atoms with Gasteiger partial charge in [0.15, 0.2) is 0 Å². The fourth-order valence-electron chi connectivity index (χ4n) is 0.975. The average Bonchev–Trinajstić information content (AvgIpc) is 2.01. The molecule has 0 radical (unpaired) electrons. The minimum Gasteiger partial charge on any atom is -0.496 e. The number of hydrogen-bond acceptors (Lipinski definition) is 2. The fraction of sp³-hybridized carbons (Fsp3) is 0.250. The van der Waals surface area contributed by atoms with Crippen molar-refractivity contribution in [3.63, 3.8) is 0 Å². The maximum Gasteiger partial charge on any atom is 0.421 e. The van der Waals surface area contributed by atoms with E-state index in [-0.39, 0.29) is 10.6 Å². The van der Waals surface area contributed by atoms with Gasteiger partial charge in [-0.05, 0) is 12.1 Å². The van der Waals surface area contributed by atoms with E-state index in [1.54, 1.807) is 0 Å². The first-order valence-corrected chi connectivity index (χ1v) is 3.84. The third-order valence-corrected chi connectivity index (χ3v) is 1.88. The number of thiol groups is 1. The van der Waals surface area contributed by atoms with Crippen molar-refractivity contribution in [2.45, 2.75) is 11.1 Å². The zero-order valence-electron chi connectivity index (χ0n) is 6.72. The standard InChI is InChI=1S/C8H7F3OS/c1-12-5-3-2-4-6(13)7(5)8(9,10)11/h2-4,13H,1H3. The molecule has 0 saturated heterocycles. The molecule has 1 rings (SSSR count). The van der Waals surface area contributed by atoms with Crippen LogP contribution in [0.15, 0.2) is 23.1 Å². The van der Waals surface area contributed by atoms with Gasteiger partial charge in [0.1, 0.15) is 11.3 Å². The first kappa shape index (κ1) is 10.2. The van der Waals surface area contributed by atoms with Gasteiger partial charge in [-0.25, -0.2) is 0 Å². The summed E-state index contributed by atoms with van der Waals surface area (Å²) in [5.74, 6) is -0.208. The number of ether oxygens (including phenoxy) is 1. The van der Waals surface area contributed by atoms with Crippen molar-refractivity contribution < 1.29 is 17.9 Å². The minimum atomic E-state index is -4.43. The molecular weight excluding hydrogens is 201 g/mol. The highest BCUT2D eigenvalue weighted by Gasteiger charge is 2.36. The highest BCUT2D eigenvalue weighted by molar-refractivity contribution is 7.80. The molecule has 0 unspecified atom stereocenters. The summed E-state index contributed by atoms with van der Waals surface area (Å²) in [5.41, 5.74) is -0.833. The first-order valence-electron chi connectivity index (χ1n) is 3.40. The quantitative estimate of drug-likeness (QED) is 0.698. The molecule has 0 aliphatic heterocycles. The van der Waals surface area contributed by atoms with E-state index in [1.807, 2.05) is 0 Å². The minimum absolute atomic E-state index is 0.133. The lowest BCUT2D eigenvalue weighted by atomic mass is 10.2. The van der Waals surface area contributed by atoms with Crippen molar-refractivity contribution in [3.8, 4) is 5.75 Å². The van der Waals surface area contributed by atoms with Gasteiger partial charge < -0.3 is 4.74 Å². The number of halogens is 3. The Kier molecular flexibility index (Phi) is 2.75. The SMILES string of the molecule is COc1cccc(S)c1C(F)(F)F. The molecule has 1 nitrogen and oxygen atoms in total. The van der Waals surface area contributed by atoms with Crippen LogP contribution in [-0.4, -0.2) is 7.11 Å². The molecule has 1 aromatic rings. The van der Waals surface area contributed by atoms with Crippen LogP contribution in [-0.2, 0) is 6.18 Å². The molecule has 5 heteroatoms. The van der Waals surface area contributed by atoms with Crippen molar-refractivity contribution in [3.05, 3.63) is 23.8 Å². The van der Waals surface area contributed by atoms with Crippen molar-refractivity contribution in [2.24, 2.45) is 0 Å². The van der Waals surface area contributed by atoms with Crippen molar-refractivity contribution in [1.82, 2.24) is 0 Å². The predicted octanol–water partition coefficient (Wildman–Crippen LogP) is 3.00. The van der Waals surface area contributed by atoms with E-state index in [0.717, 1.165) is 0 Å². The van der Waals surface area contributed by atoms with E-state index in [0.29, 0.717) is 0 Å². The summed E-state index contributed by atoms with van der Waals surface area (Å²) in [7, 11) is 1.19. The molecule has 72 valence electrons. The second kappa shape index (κ2) is 3.49. The molecule has 0 atom stereocenters. The Labute approximate surface area is 78.9 Å². The number of hydrogen-bond donors (Lipinski definition) is 1. The smallest absolute Gasteiger partial charge is 0.421 e. The fourth-order valence-corrected chi connectivity index (χ4v) is 1.30. The molecule has 0 spiro atoms. The molecule has 0 aliphatic rings. The van der Waals surface area contributed by atoms with E-state index in [9.17, 15) is 13.2 Å². The van der Waals surface area contributed by atoms with Gasteiger partial charge in [-0.15, -0.1) is 12.6 Å². The molecule has 0 aliphatic carbocycles. The van der Waals surface area contributed by atoms with Gasteiger partial charge in [-0.2, -0.15) is 13.2 Å². The van der Waals surface area contributed by atoms with Crippen LogP contribution in [0.2, 0.25) is 0 Å². The Morgan fingerprint density at radius 1 is 1.31 bits per heavy atom. The maximum atomic E-state index is 12.4. The van der Waals surface area contributed by atoms with Gasteiger partial charge in [-0.3, -0.25) is 0 Å². The summed E-state index contributed by atoms with van der Waals surface area (Å²) in [6.45, 7) is 0. The van der Waals surface area contributed by atoms with E-state index >= 15 is 0 Å². The molecule has 0 N–H and O–H groups in total. The molecule has 0 bridgehead atoms. The molecule has 0 heterocycles. The molecular formula is C8H7F3OS. The zero-order chi connectivity index (χ0) is 10.1. The third kappa shape index (κ3) is 2.09. The van der Waals surface area contributed by atoms with Gasteiger partial charge in [-0.1, -0.05) is 6.07 Å². The molecule has 1 aromatic carbocycles. The van der Waals surface area contributed by atoms with Gasteiger partial charge in [0, 0.05) is 4.90 Å². The second-order valence-electron chi connectivity index (χ2n) is 2.35. The number of benzene rings is 1. The largest absolute Gasteiger partial charge is 0.496 e. The van der Waals surface area contributed by atoms with Crippen LogP contribution in [0.4, 0.5) is 13.2 Å². The Bertz CT molecular complexity index is 309. The van der Waals surface area contributed by atoms with Crippen LogP contribution < -0.4 is 4.74 Å². The van der Waals surface area contributed by atoms with Gasteiger partial charge in [0.2, 0.25) is 0 Å². The van der Waals surface area contributed by atoms with Gasteiger partial charge in [0.05, 0.1) is 7.11 Å². The van der Waals surface area contributed by atoms with Crippen LogP contribution in [0.1, 0.15) is 5.56 Å². The Balaban J connectivity index is 3.32. The monoisotopic (exact) mass is 208 g/mol. The van der Waals surface area contributed by atoms with E-state index in [4.69, 9.17) is 0 Å². The lowest BCUT2D eigenvalue weighted by Gasteiger charge is -2.13. The Hall–Kier alpha value is -0.840. The van der Waals surface area contributed by atoms with E-state index < -0.39 is 11.7 Å². The number of alkyl halides is 3. The van der Waals surface area contributed by atoms with Crippen LogP contribution in [0, 0.1) is 0 Å². The molecule has 13 heavy (non-hydrogen) atoms. The predicted molar refractivity (Wildman–Crippen MR) is 45.2 cm³/mol. The molecule has 0 saturated carbocycles. The normalized spacial score (nSPS) is 11.5. The lowest BCUT2D eigenvalue weighted by molar-refractivity contribution is -0.140. The first-order chi connectivity index (χ1) is 5.96. The van der Waals surface area contributed by atoms with Gasteiger partial charge >= 0.3 is 6.18 Å². The summed E-state index contributed by atoms with van der Waals surface area (Å²) >= 11 is 3.72. The summed E-state index contributed by atoms with van der Waals surface area (Å²) < 4.78 is 41.7. The van der Waals surface area contributed by atoms with Crippen LogP contribution in [0.25, 0.3) is 0 Å². The molecule has 0 fully saturated rings. The summed E-state index contributed by atoms with van der Waals surface area (Å²) in [6, 6.07) is 3.98. The van der Waals surface area contributed by atoms with Crippen LogP contribution in [0.5, 0.6) is 5.75 Å². The van der Waals surface area contributed by atoms with Crippen molar-refractivity contribution in [1.29, 1.82) is 0 Å². The highest BCUT2D eigenvalue weighted by Crippen LogP contribution is 2.39. The summed E-state index contributed by atoms with van der Waals surface area (Å²) in [5, 5.41) is 0. The van der Waals surface area contributed by atoms with Gasteiger partial charge in [0.25, 0.3) is 0 Å². The molecule has 0 amide bonds. The topological polar surface area (TPSA) is 9.23 Å². The van der Waals surface area contributed by atoms with Crippen molar-refractivity contribution in [2.75, 3.05) is 7.11 Å². The van der Waals surface area contributed by atoms with E-state index in [2.05, 4.69) is 17.4 Å². The average molecular weight is 208 g/mol. The lowest BCUT2D eigenvalue weighted by Crippen LogP contribution is -2.08. The maximum absolute atomic E-state index is 12.4. The number of methoxy groups -OCH3 is 1. The zero-order valence-corrected chi connectivity index (χ0v) is 7.62. The summed E-state index contributed by atoms with van der Waals surface area (Å²) in [4.78, 5) is -0.133. The third-order valence-electron chi connectivity index (χ3n) is 1.51. The van der Waals surface area contributed by atoms with Crippen LogP contribution in [0.3, 0.4) is 0 Å². The Morgan fingerprint density at radius 3 is 2.31 bits per heavy atom. The second-order valence-corrected chi connectivity index (χ2v) is 2.83. The highest BCUT2D eigenvalue weighted by atomic mass is 32.1. The summed E-state index contributed by atoms with van der Waals surface area (Å²) in [6.07, 6.45) is -4.43. The van der Waals surface area contributed by atoms with Crippen LogP contribution >= 0.6 is 12.6 Å². The molecule has 0 aromatic heterocycles. The number of rotatable bonds is 1. The Morgan fingerprint density at radius 2 is 1.92 bits per heavy atom.